The average Bonchev–Trinajstić information content (AvgIpc) is 2.78. The first kappa shape index (κ1) is 11.9. The van der Waals surface area contributed by atoms with Gasteiger partial charge in [0.25, 0.3) is 0 Å². The molecule has 0 atom stereocenters. The minimum absolute atomic E-state index is 0.217. The number of rotatable bonds is 5. The second kappa shape index (κ2) is 5.64. The van der Waals surface area contributed by atoms with Crippen LogP contribution in [0.5, 0.6) is 0 Å². The number of hydrogen-bond acceptors (Lipinski definition) is 2. The molecule has 0 saturated heterocycles. The molecule has 90 valence electrons. The summed E-state index contributed by atoms with van der Waals surface area (Å²) < 4.78 is 19.1. The van der Waals surface area contributed by atoms with Crippen molar-refractivity contribution in [3.05, 3.63) is 48.2 Å². The molecule has 0 fully saturated rings. The van der Waals surface area contributed by atoms with E-state index in [-0.39, 0.29) is 5.82 Å². The van der Waals surface area contributed by atoms with Crippen molar-refractivity contribution in [2.45, 2.75) is 19.9 Å². The highest BCUT2D eigenvalue weighted by atomic mass is 19.1. The minimum Gasteiger partial charge on any atom is -0.467 e. The summed E-state index contributed by atoms with van der Waals surface area (Å²) in [6, 6.07) is 8.55. The standard InChI is InChI=1S/C14H16FNO/c1-2-8-16-10-14-12(7-9-17-14)11-5-3-4-6-13(11)15/h3-7,9,16H,2,8,10H2,1H3. The number of furan rings is 1. The average molecular weight is 233 g/mol. The summed E-state index contributed by atoms with van der Waals surface area (Å²) in [5.74, 6) is 0.564. The molecule has 0 spiro atoms. The van der Waals surface area contributed by atoms with Gasteiger partial charge in [-0.2, -0.15) is 0 Å². The Kier molecular flexibility index (Phi) is 3.94. The van der Waals surface area contributed by atoms with Gasteiger partial charge in [-0.15, -0.1) is 0 Å². The lowest BCUT2D eigenvalue weighted by Gasteiger charge is -2.05. The molecule has 0 aliphatic heterocycles. The highest BCUT2D eigenvalue weighted by Gasteiger charge is 2.11. The lowest BCUT2D eigenvalue weighted by molar-refractivity contribution is 0.484. The maximum atomic E-state index is 13.7. The monoisotopic (exact) mass is 233 g/mol. The van der Waals surface area contributed by atoms with Crippen molar-refractivity contribution < 1.29 is 8.81 Å². The van der Waals surface area contributed by atoms with E-state index in [1.807, 2.05) is 6.07 Å². The second-order valence-electron chi connectivity index (χ2n) is 3.91. The fourth-order valence-corrected chi connectivity index (χ4v) is 1.78. The Labute approximate surface area is 100 Å². The third-order valence-corrected chi connectivity index (χ3v) is 2.62. The molecule has 0 aliphatic carbocycles. The van der Waals surface area contributed by atoms with Crippen LogP contribution < -0.4 is 5.32 Å². The fraction of sp³-hybridized carbons (Fsp3) is 0.286. The molecular formula is C14H16FNO. The van der Waals surface area contributed by atoms with E-state index in [9.17, 15) is 4.39 Å². The van der Waals surface area contributed by atoms with E-state index in [0.29, 0.717) is 12.1 Å². The summed E-state index contributed by atoms with van der Waals surface area (Å²) in [5, 5.41) is 3.25. The van der Waals surface area contributed by atoms with Gasteiger partial charge in [-0.1, -0.05) is 25.1 Å². The summed E-state index contributed by atoms with van der Waals surface area (Å²) in [7, 11) is 0. The van der Waals surface area contributed by atoms with Gasteiger partial charge < -0.3 is 9.73 Å². The Bertz CT molecular complexity index is 479. The zero-order valence-electron chi connectivity index (χ0n) is 9.87. The summed E-state index contributed by atoms with van der Waals surface area (Å²) in [6.07, 6.45) is 2.67. The van der Waals surface area contributed by atoms with Crippen LogP contribution in [-0.4, -0.2) is 6.54 Å². The quantitative estimate of drug-likeness (QED) is 0.798. The first-order valence-electron chi connectivity index (χ1n) is 5.85. The highest BCUT2D eigenvalue weighted by molar-refractivity contribution is 5.65. The minimum atomic E-state index is -0.217. The number of benzene rings is 1. The summed E-state index contributed by atoms with van der Waals surface area (Å²) in [5.41, 5.74) is 1.42. The number of hydrogen-bond donors (Lipinski definition) is 1. The molecule has 1 aromatic carbocycles. The largest absolute Gasteiger partial charge is 0.467 e. The number of halogens is 1. The van der Waals surface area contributed by atoms with Gasteiger partial charge in [0.05, 0.1) is 12.8 Å². The predicted octanol–water partition coefficient (Wildman–Crippen LogP) is 3.59. The van der Waals surface area contributed by atoms with Crippen molar-refractivity contribution in [2.24, 2.45) is 0 Å². The van der Waals surface area contributed by atoms with Crippen molar-refractivity contribution in [3.8, 4) is 11.1 Å². The van der Waals surface area contributed by atoms with Gasteiger partial charge in [-0.3, -0.25) is 0 Å². The van der Waals surface area contributed by atoms with E-state index in [2.05, 4.69) is 12.2 Å². The Morgan fingerprint density at radius 2 is 2.00 bits per heavy atom. The van der Waals surface area contributed by atoms with E-state index in [0.717, 1.165) is 24.3 Å². The smallest absolute Gasteiger partial charge is 0.131 e. The molecule has 0 radical (unpaired) electrons. The van der Waals surface area contributed by atoms with Gasteiger partial charge in [0, 0.05) is 11.1 Å². The molecule has 1 heterocycles. The van der Waals surface area contributed by atoms with Crippen molar-refractivity contribution >= 4 is 0 Å². The van der Waals surface area contributed by atoms with Gasteiger partial charge in [0.15, 0.2) is 0 Å². The van der Waals surface area contributed by atoms with E-state index in [1.165, 1.54) is 6.07 Å². The topological polar surface area (TPSA) is 25.2 Å². The Morgan fingerprint density at radius 1 is 1.18 bits per heavy atom. The molecule has 1 aromatic heterocycles. The molecule has 0 unspecified atom stereocenters. The van der Waals surface area contributed by atoms with Gasteiger partial charge >= 0.3 is 0 Å². The first-order valence-corrected chi connectivity index (χ1v) is 5.85. The maximum absolute atomic E-state index is 13.7. The third-order valence-electron chi connectivity index (χ3n) is 2.62. The zero-order valence-corrected chi connectivity index (χ0v) is 9.87. The van der Waals surface area contributed by atoms with Crippen LogP contribution in [0.2, 0.25) is 0 Å². The van der Waals surface area contributed by atoms with E-state index in [4.69, 9.17) is 4.42 Å². The van der Waals surface area contributed by atoms with E-state index < -0.39 is 0 Å². The lowest BCUT2D eigenvalue weighted by Crippen LogP contribution is -2.13. The SMILES string of the molecule is CCCNCc1occc1-c1ccccc1F. The fourth-order valence-electron chi connectivity index (χ4n) is 1.78. The molecule has 0 saturated carbocycles. The molecular weight excluding hydrogens is 217 g/mol. The number of nitrogens with one attached hydrogen (secondary N) is 1. The molecule has 2 nitrogen and oxygen atoms in total. The van der Waals surface area contributed by atoms with Crippen LogP contribution in [0.4, 0.5) is 4.39 Å². The van der Waals surface area contributed by atoms with Crippen LogP contribution in [0, 0.1) is 5.82 Å². The molecule has 0 amide bonds. The van der Waals surface area contributed by atoms with Gasteiger partial charge in [-0.05, 0) is 25.1 Å². The molecule has 3 heteroatoms. The van der Waals surface area contributed by atoms with E-state index in [1.54, 1.807) is 24.5 Å². The zero-order chi connectivity index (χ0) is 12.1. The second-order valence-corrected chi connectivity index (χ2v) is 3.91. The molecule has 0 aliphatic rings. The molecule has 2 aromatic rings. The summed E-state index contributed by atoms with van der Waals surface area (Å²) in [6.45, 7) is 3.66. The molecule has 2 rings (SSSR count). The normalized spacial score (nSPS) is 10.7. The van der Waals surface area contributed by atoms with Crippen molar-refractivity contribution in [1.82, 2.24) is 5.32 Å². The van der Waals surface area contributed by atoms with Crippen LogP contribution in [0.1, 0.15) is 19.1 Å². The van der Waals surface area contributed by atoms with Crippen molar-refractivity contribution in [1.29, 1.82) is 0 Å². The lowest BCUT2D eigenvalue weighted by atomic mass is 10.1. The molecule has 17 heavy (non-hydrogen) atoms. The Balaban J connectivity index is 2.22. The molecule has 0 bridgehead atoms. The van der Waals surface area contributed by atoms with Crippen molar-refractivity contribution in [2.75, 3.05) is 6.54 Å². The highest BCUT2D eigenvalue weighted by Crippen LogP contribution is 2.27. The summed E-state index contributed by atoms with van der Waals surface area (Å²) in [4.78, 5) is 0. The van der Waals surface area contributed by atoms with Crippen molar-refractivity contribution in [3.63, 3.8) is 0 Å². The third kappa shape index (κ3) is 2.74. The van der Waals surface area contributed by atoms with Crippen LogP contribution in [0.15, 0.2) is 41.0 Å². The van der Waals surface area contributed by atoms with Gasteiger partial charge in [-0.25, -0.2) is 4.39 Å². The van der Waals surface area contributed by atoms with Crippen LogP contribution in [0.25, 0.3) is 11.1 Å². The Hall–Kier alpha value is -1.61. The molecule has 1 N–H and O–H groups in total. The summed E-state index contributed by atoms with van der Waals surface area (Å²) >= 11 is 0. The predicted molar refractivity (Wildman–Crippen MR) is 66.1 cm³/mol. The Morgan fingerprint density at radius 3 is 2.76 bits per heavy atom. The van der Waals surface area contributed by atoms with E-state index >= 15 is 0 Å². The van der Waals surface area contributed by atoms with Crippen LogP contribution in [-0.2, 0) is 6.54 Å². The van der Waals surface area contributed by atoms with Gasteiger partial charge in [0.1, 0.15) is 11.6 Å². The first-order chi connectivity index (χ1) is 8.33. The maximum Gasteiger partial charge on any atom is 0.131 e. The van der Waals surface area contributed by atoms with Crippen LogP contribution >= 0.6 is 0 Å². The van der Waals surface area contributed by atoms with Gasteiger partial charge in [0.2, 0.25) is 0 Å². The van der Waals surface area contributed by atoms with Crippen LogP contribution in [0.3, 0.4) is 0 Å².